The van der Waals surface area contributed by atoms with Gasteiger partial charge in [0.15, 0.2) is 5.11 Å². The van der Waals surface area contributed by atoms with Crippen molar-refractivity contribution in [1.29, 1.82) is 0 Å². The number of nitrogens with one attached hydrogen (secondary N) is 2. The van der Waals surface area contributed by atoms with Gasteiger partial charge in [0.05, 0.1) is 19.1 Å². The molecule has 2 atom stereocenters. The summed E-state index contributed by atoms with van der Waals surface area (Å²) in [7, 11) is 0. The molecule has 37 heavy (non-hydrogen) atoms. The van der Waals surface area contributed by atoms with Crippen molar-refractivity contribution in [3.63, 3.8) is 0 Å². The predicted molar refractivity (Wildman–Crippen MR) is 149 cm³/mol. The quantitative estimate of drug-likeness (QED) is 0.191. The van der Waals surface area contributed by atoms with Crippen LogP contribution in [0.1, 0.15) is 95.3 Å². The Balaban J connectivity index is 1.83. The fourth-order valence-electron chi connectivity index (χ4n) is 4.07. The summed E-state index contributed by atoms with van der Waals surface area (Å²) in [4.78, 5) is 39.4. The molecule has 0 radical (unpaired) electrons. The van der Waals surface area contributed by atoms with Crippen molar-refractivity contribution >= 4 is 35.1 Å². The van der Waals surface area contributed by atoms with Crippen LogP contribution in [0.5, 0.6) is 5.75 Å². The molecule has 1 aliphatic heterocycles. The molecule has 1 aromatic rings. The number of carbonyl (C=O) groups excluding carboxylic acids is 3. The number of ether oxygens (including phenoxy) is 2. The number of carbonyl (C=O) groups is 3. The van der Waals surface area contributed by atoms with Crippen LogP contribution in [-0.4, -0.2) is 59.6 Å². The van der Waals surface area contributed by atoms with Crippen LogP contribution in [0.2, 0.25) is 0 Å². The van der Waals surface area contributed by atoms with Gasteiger partial charge in [-0.1, -0.05) is 64.9 Å². The zero-order valence-corrected chi connectivity index (χ0v) is 23.4. The Kier molecular flexibility index (Phi) is 14.0. The predicted octanol–water partition coefficient (Wildman–Crippen LogP) is 4.75. The summed E-state index contributed by atoms with van der Waals surface area (Å²) in [5.74, 6) is -0.557. The molecule has 1 aliphatic rings. The van der Waals surface area contributed by atoms with Crippen LogP contribution in [0.15, 0.2) is 24.3 Å². The normalized spacial score (nSPS) is 16.0. The molecule has 206 valence electrons. The van der Waals surface area contributed by atoms with Crippen molar-refractivity contribution in [2.75, 3.05) is 19.7 Å². The van der Waals surface area contributed by atoms with Gasteiger partial charge >= 0.3 is 5.97 Å². The number of esters is 1. The second-order valence-electron chi connectivity index (χ2n) is 9.52. The van der Waals surface area contributed by atoms with Gasteiger partial charge in [-0.05, 0) is 50.2 Å². The molecule has 8 nitrogen and oxygen atoms in total. The van der Waals surface area contributed by atoms with Crippen molar-refractivity contribution in [3.8, 4) is 5.75 Å². The molecule has 2 amide bonds. The minimum absolute atomic E-state index is 0.0299. The van der Waals surface area contributed by atoms with Crippen LogP contribution in [0, 0.1) is 0 Å². The standard InChI is InChI=1S/C28H43N3O5S/c1-4-6-7-8-9-10-11-12-18-35-25(32)20-24-27(34)29-16-17-31(24)28(37)30-26(33)22-14-13-15-23(19-22)36-21(3)5-2/h13-15,19,21,24H,4-12,16-18,20H2,1-3H3,(H,29,34)(H,30,33,37). The zero-order chi connectivity index (χ0) is 27.0. The van der Waals surface area contributed by atoms with E-state index in [2.05, 4.69) is 17.6 Å². The molecular formula is C28H43N3O5S. The highest BCUT2D eigenvalue weighted by Crippen LogP contribution is 2.17. The molecule has 9 heteroatoms. The molecule has 1 aromatic carbocycles. The highest BCUT2D eigenvalue weighted by molar-refractivity contribution is 7.80. The van der Waals surface area contributed by atoms with Gasteiger partial charge < -0.3 is 19.7 Å². The summed E-state index contributed by atoms with van der Waals surface area (Å²) < 4.78 is 11.2. The number of hydrogen-bond acceptors (Lipinski definition) is 6. The molecule has 2 unspecified atom stereocenters. The Hall–Kier alpha value is -2.68. The van der Waals surface area contributed by atoms with E-state index < -0.39 is 17.9 Å². The average Bonchev–Trinajstić information content (AvgIpc) is 2.88. The van der Waals surface area contributed by atoms with Gasteiger partial charge in [-0.3, -0.25) is 19.7 Å². The Morgan fingerprint density at radius 1 is 1.14 bits per heavy atom. The fraction of sp³-hybridized carbons (Fsp3) is 0.643. The van der Waals surface area contributed by atoms with Gasteiger partial charge in [0.2, 0.25) is 5.91 Å². The number of nitrogens with zero attached hydrogens (tertiary/aromatic N) is 1. The van der Waals surface area contributed by atoms with E-state index in [9.17, 15) is 14.4 Å². The van der Waals surface area contributed by atoms with E-state index in [1.807, 2.05) is 13.8 Å². The molecule has 0 spiro atoms. The van der Waals surface area contributed by atoms with E-state index in [0.29, 0.717) is 31.0 Å². The maximum Gasteiger partial charge on any atom is 0.308 e. The lowest BCUT2D eigenvalue weighted by Crippen LogP contribution is -2.60. The first-order valence-electron chi connectivity index (χ1n) is 13.7. The van der Waals surface area contributed by atoms with E-state index in [4.69, 9.17) is 21.7 Å². The summed E-state index contributed by atoms with van der Waals surface area (Å²) in [6, 6.07) is 6.05. The number of benzene rings is 1. The SMILES string of the molecule is CCCCCCCCCCOC(=O)CC1C(=O)NCCN1C(=S)NC(=O)c1cccc(OC(C)CC)c1. The Labute approximate surface area is 226 Å². The number of hydrogen-bond donors (Lipinski definition) is 2. The first-order valence-corrected chi connectivity index (χ1v) is 14.1. The molecule has 2 rings (SSSR count). The van der Waals surface area contributed by atoms with Gasteiger partial charge in [0, 0.05) is 18.7 Å². The van der Waals surface area contributed by atoms with Crippen LogP contribution >= 0.6 is 12.2 Å². The van der Waals surface area contributed by atoms with Crippen molar-refractivity contribution in [1.82, 2.24) is 15.5 Å². The van der Waals surface area contributed by atoms with Crippen molar-refractivity contribution in [2.24, 2.45) is 0 Å². The molecule has 1 fully saturated rings. The van der Waals surface area contributed by atoms with Crippen molar-refractivity contribution in [2.45, 2.75) is 97.1 Å². The van der Waals surface area contributed by atoms with Crippen LogP contribution in [0.4, 0.5) is 0 Å². The topological polar surface area (TPSA) is 97.0 Å². The highest BCUT2D eigenvalue weighted by Gasteiger charge is 2.34. The number of unbranched alkanes of at least 4 members (excludes halogenated alkanes) is 7. The number of amides is 2. The van der Waals surface area contributed by atoms with Crippen molar-refractivity contribution in [3.05, 3.63) is 29.8 Å². The monoisotopic (exact) mass is 533 g/mol. The summed E-state index contributed by atoms with van der Waals surface area (Å²) in [6.07, 6.45) is 10.0. The smallest absolute Gasteiger partial charge is 0.308 e. The molecule has 0 aromatic heterocycles. The van der Waals surface area contributed by atoms with E-state index in [1.54, 1.807) is 29.2 Å². The average molecular weight is 534 g/mol. The largest absolute Gasteiger partial charge is 0.491 e. The number of piperazine rings is 1. The minimum atomic E-state index is -0.826. The summed E-state index contributed by atoms with van der Waals surface area (Å²) >= 11 is 5.46. The number of rotatable bonds is 15. The Morgan fingerprint density at radius 2 is 1.84 bits per heavy atom. The van der Waals surface area contributed by atoms with Gasteiger partial charge in [-0.15, -0.1) is 0 Å². The first-order chi connectivity index (χ1) is 17.8. The maximum absolute atomic E-state index is 12.8. The highest BCUT2D eigenvalue weighted by atomic mass is 32.1. The van der Waals surface area contributed by atoms with Crippen LogP contribution in [-0.2, 0) is 14.3 Å². The van der Waals surface area contributed by atoms with Gasteiger partial charge in [0.25, 0.3) is 5.91 Å². The molecule has 1 heterocycles. The fourth-order valence-corrected chi connectivity index (χ4v) is 4.38. The van der Waals surface area contributed by atoms with Crippen LogP contribution in [0.25, 0.3) is 0 Å². The van der Waals surface area contributed by atoms with Gasteiger partial charge in [-0.2, -0.15) is 0 Å². The van der Waals surface area contributed by atoms with Gasteiger partial charge in [0.1, 0.15) is 11.8 Å². The molecule has 0 bridgehead atoms. The van der Waals surface area contributed by atoms with E-state index >= 15 is 0 Å². The lowest BCUT2D eigenvalue weighted by Gasteiger charge is -2.36. The first kappa shape index (κ1) is 30.5. The third kappa shape index (κ3) is 11.1. The summed E-state index contributed by atoms with van der Waals surface area (Å²) in [6.45, 7) is 7.30. The van der Waals surface area contributed by atoms with Crippen LogP contribution in [0.3, 0.4) is 0 Å². The molecule has 2 N–H and O–H groups in total. The van der Waals surface area contributed by atoms with E-state index in [-0.39, 0.29) is 23.5 Å². The number of thiocarbonyl (C=S) groups is 1. The Morgan fingerprint density at radius 3 is 2.54 bits per heavy atom. The third-order valence-electron chi connectivity index (χ3n) is 6.44. The lowest BCUT2D eigenvalue weighted by atomic mass is 10.1. The molecule has 0 aliphatic carbocycles. The molecule has 1 saturated heterocycles. The zero-order valence-electron chi connectivity index (χ0n) is 22.6. The summed E-state index contributed by atoms with van der Waals surface area (Å²) in [5, 5.41) is 5.57. The van der Waals surface area contributed by atoms with Crippen LogP contribution < -0.4 is 15.4 Å². The lowest BCUT2D eigenvalue weighted by molar-refractivity contribution is -0.147. The third-order valence-corrected chi connectivity index (χ3v) is 6.78. The molecule has 0 saturated carbocycles. The van der Waals surface area contributed by atoms with Crippen molar-refractivity contribution < 1.29 is 23.9 Å². The Bertz CT molecular complexity index is 894. The maximum atomic E-state index is 12.8. The summed E-state index contributed by atoms with van der Waals surface area (Å²) in [5.41, 5.74) is 0.394. The van der Waals surface area contributed by atoms with Gasteiger partial charge in [-0.25, -0.2) is 0 Å². The van der Waals surface area contributed by atoms with E-state index in [1.165, 1.54) is 32.1 Å². The second kappa shape index (κ2) is 16.9. The second-order valence-corrected chi connectivity index (χ2v) is 9.91. The minimum Gasteiger partial charge on any atom is -0.491 e. The molecular weight excluding hydrogens is 490 g/mol. The van der Waals surface area contributed by atoms with E-state index in [0.717, 1.165) is 25.7 Å².